The van der Waals surface area contributed by atoms with Gasteiger partial charge in [0.1, 0.15) is 17.0 Å². The molecule has 2 N–H and O–H groups in total. The summed E-state index contributed by atoms with van der Waals surface area (Å²) in [6.45, 7) is 3.48. The Morgan fingerprint density at radius 3 is 2.77 bits per heavy atom. The Hall–Kier alpha value is -2.05. The highest BCUT2D eigenvalue weighted by atomic mass is 35.5. The Labute approximate surface area is 132 Å². The molecule has 1 aromatic carbocycles. The van der Waals surface area contributed by atoms with Crippen molar-refractivity contribution in [2.24, 2.45) is 0 Å². The summed E-state index contributed by atoms with van der Waals surface area (Å²) in [5.74, 6) is 0.374. The Bertz CT molecular complexity index is 668. The summed E-state index contributed by atoms with van der Waals surface area (Å²) in [5.41, 5.74) is -0.403. The average molecular weight is 325 g/mol. The molecule has 1 atom stereocenters. The van der Waals surface area contributed by atoms with E-state index in [9.17, 15) is 15.2 Å². The summed E-state index contributed by atoms with van der Waals surface area (Å²) >= 11 is 6.11. The van der Waals surface area contributed by atoms with Crippen molar-refractivity contribution in [1.29, 1.82) is 0 Å². The Morgan fingerprint density at radius 1 is 1.50 bits per heavy atom. The standard InChI is InChI=1S/C15H17ClN2O4/c1-3-10-7-13(18(20)21)12(8-11(10)16)17-9-15(2,19)14-5-4-6-22-14/h4-8,17,19H,3,9H2,1-2H3. The van der Waals surface area contributed by atoms with Gasteiger partial charge in [-0.05, 0) is 37.1 Å². The third-order valence-corrected chi connectivity index (χ3v) is 3.77. The number of furan rings is 1. The van der Waals surface area contributed by atoms with Crippen LogP contribution in [0.3, 0.4) is 0 Å². The van der Waals surface area contributed by atoms with Crippen LogP contribution in [0.25, 0.3) is 0 Å². The second-order valence-electron chi connectivity index (χ2n) is 5.18. The van der Waals surface area contributed by atoms with E-state index in [1.165, 1.54) is 18.4 Å². The van der Waals surface area contributed by atoms with E-state index in [1.54, 1.807) is 19.1 Å². The second-order valence-corrected chi connectivity index (χ2v) is 5.58. The van der Waals surface area contributed by atoms with Crippen LogP contribution < -0.4 is 5.32 Å². The smallest absolute Gasteiger partial charge is 0.292 e. The van der Waals surface area contributed by atoms with Crippen molar-refractivity contribution in [3.8, 4) is 0 Å². The summed E-state index contributed by atoms with van der Waals surface area (Å²) < 4.78 is 5.17. The number of halogens is 1. The quantitative estimate of drug-likeness (QED) is 0.624. The predicted molar refractivity (Wildman–Crippen MR) is 84.3 cm³/mol. The molecule has 0 fully saturated rings. The van der Waals surface area contributed by atoms with Crippen LogP contribution in [0.4, 0.5) is 11.4 Å². The molecule has 0 saturated carbocycles. The largest absolute Gasteiger partial charge is 0.466 e. The first-order valence-electron chi connectivity index (χ1n) is 6.82. The van der Waals surface area contributed by atoms with Gasteiger partial charge in [-0.1, -0.05) is 18.5 Å². The zero-order valence-corrected chi connectivity index (χ0v) is 13.1. The molecule has 0 amide bonds. The van der Waals surface area contributed by atoms with Gasteiger partial charge in [-0.2, -0.15) is 0 Å². The van der Waals surface area contributed by atoms with E-state index in [4.69, 9.17) is 16.0 Å². The van der Waals surface area contributed by atoms with Gasteiger partial charge in [-0.3, -0.25) is 10.1 Å². The maximum absolute atomic E-state index is 11.2. The summed E-state index contributed by atoms with van der Waals surface area (Å²) in [6.07, 6.45) is 2.06. The number of nitrogens with one attached hydrogen (secondary N) is 1. The van der Waals surface area contributed by atoms with Gasteiger partial charge >= 0.3 is 0 Å². The van der Waals surface area contributed by atoms with E-state index in [0.29, 0.717) is 22.8 Å². The first-order chi connectivity index (χ1) is 10.3. The van der Waals surface area contributed by atoms with Crippen LogP contribution in [-0.2, 0) is 12.0 Å². The van der Waals surface area contributed by atoms with Gasteiger partial charge in [0.05, 0.1) is 17.7 Å². The molecule has 1 unspecified atom stereocenters. The highest BCUT2D eigenvalue weighted by Crippen LogP contribution is 2.32. The second kappa shape index (κ2) is 6.37. The molecule has 7 heteroatoms. The van der Waals surface area contributed by atoms with Crippen LogP contribution in [0, 0.1) is 10.1 Å². The third-order valence-electron chi connectivity index (χ3n) is 3.42. The molecular weight excluding hydrogens is 308 g/mol. The summed E-state index contributed by atoms with van der Waals surface area (Å²) in [5, 5.41) is 24.9. The number of aliphatic hydroxyl groups is 1. The fourth-order valence-corrected chi connectivity index (χ4v) is 2.41. The van der Waals surface area contributed by atoms with Gasteiger partial charge in [-0.25, -0.2) is 0 Å². The van der Waals surface area contributed by atoms with Crippen molar-refractivity contribution in [3.63, 3.8) is 0 Å². The lowest BCUT2D eigenvalue weighted by Crippen LogP contribution is -2.30. The molecule has 0 radical (unpaired) electrons. The zero-order chi connectivity index (χ0) is 16.3. The monoisotopic (exact) mass is 324 g/mol. The normalized spacial score (nSPS) is 13.6. The third kappa shape index (κ3) is 3.40. The van der Waals surface area contributed by atoms with Crippen molar-refractivity contribution >= 4 is 23.0 Å². The van der Waals surface area contributed by atoms with Gasteiger partial charge in [0.2, 0.25) is 0 Å². The first-order valence-corrected chi connectivity index (χ1v) is 7.20. The van der Waals surface area contributed by atoms with E-state index in [2.05, 4.69) is 5.32 Å². The van der Waals surface area contributed by atoms with Crippen LogP contribution in [0.15, 0.2) is 34.9 Å². The summed E-state index contributed by atoms with van der Waals surface area (Å²) in [7, 11) is 0. The fourth-order valence-electron chi connectivity index (χ4n) is 2.11. The minimum Gasteiger partial charge on any atom is -0.466 e. The molecule has 0 aliphatic carbocycles. The number of nitro benzene ring substituents is 1. The van der Waals surface area contributed by atoms with E-state index in [1.807, 2.05) is 6.92 Å². The SMILES string of the molecule is CCc1cc([N+](=O)[O-])c(NCC(C)(O)c2ccco2)cc1Cl. The van der Waals surface area contributed by atoms with Crippen molar-refractivity contribution < 1.29 is 14.4 Å². The van der Waals surface area contributed by atoms with Gasteiger partial charge in [0, 0.05) is 11.1 Å². The molecule has 1 aromatic heterocycles. The molecule has 118 valence electrons. The predicted octanol–water partition coefficient (Wildman–Crippen LogP) is 3.72. The van der Waals surface area contributed by atoms with Crippen LogP contribution in [0.1, 0.15) is 25.2 Å². The molecule has 0 spiro atoms. The van der Waals surface area contributed by atoms with Gasteiger partial charge < -0.3 is 14.8 Å². The maximum atomic E-state index is 11.2. The molecular formula is C15H17ClN2O4. The summed E-state index contributed by atoms with van der Waals surface area (Å²) in [6, 6.07) is 6.27. The number of benzene rings is 1. The Morgan fingerprint density at radius 2 is 2.23 bits per heavy atom. The van der Waals surface area contributed by atoms with E-state index in [-0.39, 0.29) is 17.9 Å². The Kier molecular flexibility index (Phi) is 4.73. The molecule has 0 bridgehead atoms. The van der Waals surface area contributed by atoms with E-state index < -0.39 is 10.5 Å². The fraction of sp³-hybridized carbons (Fsp3) is 0.333. The number of rotatable bonds is 6. The molecule has 22 heavy (non-hydrogen) atoms. The highest BCUT2D eigenvalue weighted by Gasteiger charge is 2.27. The van der Waals surface area contributed by atoms with Crippen molar-refractivity contribution in [2.45, 2.75) is 25.9 Å². The zero-order valence-electron chi connectivity index (χ0n) is 12.3. The number of hydrogen-bond acceptors (Lipinski definition) is 5. The number of hydrogen-bond donors (Lipinski definition) is 2. The van der Waals surface area contributed by atoms with E-state index in [0.717, 1.165) is 0 Å². The van der Waals surface area contributed by atoms with E-state index >= 15 is 0 Å². The van der Waals surface area contributed by atoms with Crippen molar-refractivity contribution in [1.82, 2.24) is 0 Å². The van der Waals surface area contributed by atoms with Crippen LogP contribution in [0.5, 0.6) is 0 Å². The van der Waals surface area contributed by atoms with Gasteiger partial charge in [-0.15, -0.1) is 0 Å². The molecule has 2 aromatic rings. The lowest BCUT2D eigenvalue weighted by atomic mass is 10.0. The number of nitrogens with zero attached hydrogens (tertiary/aromatic N) is 1. The first kappa shape index (κ1) is 16.3. The van der Waals surface area contributed by atoms with Gasteiger partial charge in [0.15, 0.2) is 0 Å². The molecule has 0 aliphatic heterocycles. The summed E-state index contributed by atoms with van der Waals surface area (Å²) in [4.78, 5) is 10.7. The number of aryl methyl sites for hydroxylation is 1. The highest BCUT2D eigenvalue weighted by molar-refractivity contribution is 6.31. The van der Waals surface area contributed by atoms with Crippen LogP contribution in [0.2, 0.25) is 5.02 Å². The van der Waals surface area contributed by atoms with Crippen molar-refractivity contribution in [2.75, 3.05) is 11.9 Å². The minimum absolute atomic E-state index is 0.0448. The lowest BCUT2D eigenvalue weighted by molar-refractivity contribution is -0.384. The topological polar surface area (TPSA) is 88.5 Å². The van der Waals surface area contributed by atoms with Crippen LogP contribution >= 0.6 is 11.6 Å². The number of nitro groups is 1. The van der Waals surface area contributed by atoms with Gasteiger partial charge in [0.25, 0.3) is 5.69 Å². The molecule has 2 rings (SSSR count). The average Bonchev–Trinajstić information content (AvgIpc) is 3.00. The minimum atomic E-state index is -1.30. The molecule has 0 aliphatic rings. The lowest BCUT2D eigenvalue weighted by Gasteiger charge is -2.22. The maximum Gasteiger partial charge on any atom is 0.292 e. The van der Waals surface area contributed by atoms with Crippen molar-refractivity contribution in [3.05, 3.63) is 57.0 Å². The number of anilines is 1. The Balaban J connectivity index is 2.26. The molecule has 0 saturated heterocycles. The molecule has 1 heterocycles. The molecule has 6 nitrogen and oxygen atoms in total. The van der Waals surface area contributed by atoms with Crippen LogP contribution in [-0.4, -0.2) is 16.6 Å².